The maximum atomic E-state index is 13.8. The lowest BCUT2D eigenvalue weighted by Gasteiger charge is -2.33. The molecule has 2 atom stereocenters. The molecule has 1 aromatic heterocycles. The van der Waals surface area contributed by atoms with Crippen LogP contribution < -0.4 is 10.6 Å². The Morgan fingerprint density at radius 1 is 1.23 bits per heavy atom. The average molecular weight is 493 g/mol. The van der Waals surface area contributed by atoms with Gasteiger partial charge in [-0.2, -0.15) is 18.3 Å². The lowest BCUT2D eigenvalue weighted by atomic mass is 9.97. The molecule has 0 spiro atoms. The zero-order valence-corrected chi connectivity index (χ0v) is 18.2. The van der Waals surface area contributed by atoms with Crippen molar-refractivity contribution in [3.63, 3.8) is 0 Å². The molecule has 5 nitrogen and oxygen atoms in total. The van der Waals surface area contributed by atoms with Crippen molar-refractivity contribution in [2.45, 2.75) is 38.0 Å². The Kier molecular flexibility index (Phi) is 5.79. The highest BCUT2D eigenvalue weighted by molar-refractivity contribution is 9.10. The summed E-state index contributed by atoms with van der Waals surface area (Å²) in [5.41, 5.74) is 2.21. The molecule has 2 aromatic carbocycles. The number of carbonyl (C=O) groups is 1. The van der Waals surface area contributed by atoms with Crippen LogP contribution >= 0.6 is 15.9 Å². The second-order valence-electron chi connectivity index (χ2n) is 7.37. The molecule has 0 fully saturated rings. The van der Waals surface area contributed by atoms with Gasteiger partial charge in [0.15, 0.2) is 11.7 Å². The van der Waals surface area contributed by atoms with Crippen molar-refractivity contribution in [3.05, 3.63) is 75.9 Å². The first-order valence-electron chi connectivity index (χ1n) is 9.83. The van der Waals surface area contributed by atoms with Gasteiger partial charge in [0.2, 0.25) is 0 Å². The van der Waals surface area contributed by atoms with Crippen molar-refractivity contribution in [3.8, 4) is 0 Å². The van der Waals surface area contributed by atoms with Crippen molar-refractivity contribution < 1.29 is 18.0 Å². The molecule has 0 unspecified atom stereocenters. The highest BCUT2D eigenvalue weighted by Crippen LogP contribution is 2.43. The van der Waals surface area contributed by atoms with Crippen LogP contribution in [0.4, 0.5) is 24.7 Å². The number of amides is 1. The average Bonchev–Trinajstić information content (AvgIpc) is 3.17. The third-order valence-corrected chi connectivity index (χ3v) is 5.87. The van der Waals surface area contributed by atoms with Crippen LogP contribution in [-0.4, -0.2) is 21.9 Å². The summed E-state index contributed by atoms with van der Waals surface area (Å²) in [4.78, 5) is 12.7. The van der Waals surface area contributed by atoms with E-state index in [-0.39, 0.29) is 17.9 Å². The van der Waals surface area contributed by atoms with Gasteiger partial charge in [-0.1, -0.05) is 53.2 Å². The molecule has 0 radical (unpaired) electrons. The number of hydrogen-bond acceptors (Lipinski definition) is 3. The quantitative estimate of drug-likeness (QED) is 0.461. The van der Waals surface area contributed by atoms with Gasteiger partial charge in [0.25, 0.3) is 5.91 Å². The summed E-state index contributed by atoms with van der Waals surface area (Å²) in [5, 5.41) is 9.87. The van der Waals surface area contributed by atoms with Crippen molar-refractivity contribution in [2.75, 3.05) is 10.6 Å². The van der Waals surface area contributed by atoms with E-state index in [0.717, 1.165) is 20.3 Å². The van der Waals surface area contributed by atoms with Gasteiger partial charge in [-0.05, 0) is 35.7 Å². The Morgan fingerprint density at radius 3 is 2.61 bits per heavy atom. The highest BCUT2D eigenvalue weighted by Gasteiger charge is 2.46. The smallest absolute Gasteiger partial charge is 0.363 e. The maximum Gasteiger partial charge on any atom is 0.410 e. The third kappa shape index (κ3) is 4.46. The Labute approximate surface area is 185 Å². The summed E-state index contributed by atoms with van der Waals surface area (Å²) in [7, 11) is 0. The fourth-order valence-corrected chi connectivity index (χ4v) is 4.00. The molecule has 1 aliphatic heterocycles. The zero-order chi connectivity index (χ0) is 22.2. The lowest BCUT2D eigenvalue weighted by molar-refractivity contribution is -0.173. The van der Waals surface area contributed by atoms with Gasteiger partial charge < -0.3 is 10.6 Å². The van der Waals surface area contributed by atoms with Gasteiger partial charge in [-0.15, -0.1) is 0 Å². The molecule has 9 heteroatoms. The normalized spacial score (nSPS) is 18.2. The number of anilines is 2. The Balaban J connectivity index is 1.64. The summed E-state index contributed by atoms with van der Waals surface area (Å²) in [6.45, 7) is 1.96. The molecule has 3 aromatic rings. The van der Waals surface area contributed by atoms with Gasteiger partial charge in [0, 0.05) is 22.6 Å². The van der Waals surface area contributed by atoms with Crippen LogP contribution in [0.1, 0.15) is 47.0 Å². The fourth-order valence-electron chi connectivity index (χ4n) is 3.74. The predicted octanol–water partition coefficient (Wildman–Crippen LogP) is 6.12. The summed E-state index contributed by atoms with van der Waals surface area (Å²) >= 11 is 3.34. The van der Waals surface area contributed by atoms with E-state index < -0.39 is 24.2 Å². The van der Waals surface area contributed by atoms with Crippen molar-refractivity contribution in [1.29, 1.82) is 0 Å². The van der Waals surface area contributed by atoms with Crippen LogP contribution in [0.5, 0.6) is 0 Å². The number of alkyl halides is 3. The number of carbonyl (C=O) groups excluding carboxylic acids is 1. The standard InChI is InChI=1S/C22H20BrF3N4O/c1-2-13-5-3-4-6-16(13)28-21(31)18-12-20-27-17(14-7-9-15(23)10-8-14)11-19(22(24,25)26)30(20)29-18/h3-10,12,17,19,27H,2,11H2,1H3,(H,28,31)/t17-,19+/m0/s1. The molecule has 0 aliphatic carbocycles. The van der Waals surface area contributed by atoms with Crippen LogP contribution in [0.15, 0.2) is 59.1 Å². The minimum Gasteiger partial charge on any atom is -0.363 e. The Bertz CT molecular complexity index is 1090. The molecule has 1 aliphatic rings. The lowest BCUT2D eigenvalue weighted by Crippen LogP contribution is -2.35. The molecule has 4 rings (SSSR count). The molecule has 2 N–H and O–H groups in total. The molecular formula is C22H20BrF3N4O. The maximum absolute atomic E-state index is 13.8. The second kappa shape index (κ2) is 8.37. The predicted molar refractivity (Wildman–Crippen MR) is 116 cm³/mol. The molecule has 1 amide bonds. The fraction of sp³-hybridized carbons (Fsp3) is 0.273. The minimum absolute atomic E-state index is 0.0703. The van der Waals surface area contributed by atoms with E-state index in [0.29, 0.717) is 12.1 Å². The minimum atomic E-state index is -4.50. The van der Waals surface area contributed by atoms with Gasteiger partial charge in [0.05, 0.1) is 6.04 Å². The van der Waals surface area contributed by atoms with Gasteiger partial charge in [-0.3, -0.25) is 4.79 Å². The molecule has 31 heavy (non-hydrogen) atoms. The Morgan fingerprint density at radius 2 is 1.94 bits per heavy atom. The first-order chi connectivity index (χ1) is 14.8. The number of halogens is 4. The van der Waals surface area contributed by atoms with Crippen molar-refractivity contribution in [2.24, 2.45) is 0 Å². The van der Waals surface area contributed by atoms with E-state index in [1.807, 2.05) is 19.1 Å². The Hall–Kier alpha value is -2.81. The van der Waals surface area contributed by atoms with Crippen molar-refractivity contribution >= 4 is 33.3 Å². The molecule has 2 heterocycles. The zero-order valence-electron chi connectivity index (χ0n) is 16.6. The van der Waals surface area contributed by atoms with E-state index in [9.17, 15) is 18.0 Å². The molecule has 0 saturated carbocycles. The summed E-state index contributed by atoms with van der Waals surface area (Å²) in [6, 6.07) is 13.4. The SMILES string of the molecule is CCc1ccccc1NC(=O)c1cc2n(n1)[C@@H](C(F)(F)F)C[C@@H](c1ccc(Br)cc1)N2. The van der Waals surface area contributed by atoms with Crippen molar-refractivity contribution in [1.82, 2.24) is 9.78 Å². The summed E-state index contributed by atoms with van der Waals surface area (Å²) in [6.07, 6.45) is -4.01. The van der Waals surface area contributed by atoms with Crippen LogP contribution in [0.25, 0.3) is 0 Å². The van der Waals surface area contributed by atoms with Crippen LogP contribution in [0, 0.1) is 0 Å². The highest BCUT2D eigenvalue weighted by atomic mass is 79.9. The number of hydrogen-bond donors (Lipinski definition) is 2. The van der Waals surface area contributed by atoms with E-state index in [1.165, 1.54) is 6.07 Å². The third-order valence-electron chi connectivity index (χ3n) is 5.34. The summed E-state index contributed by atoms with van der Waals surface area (Å²) < 4.78 is 43.2. The number of fused-ring (bicyclic) bond motifs is 1. The molecule has 162 valence electrons. The number of rotatable bonds is 4. The number of benzene rings is 2. The number of nitrogens with zero attached hydrogens (tertiary/aromatic N) is 2. The number of nitrogens with one attached hydrogen (secondary N) is 2. The monoisotopic (exact) mass is 492 g/mol. The van der Waals surface area contributed by atoms with E-state index >= 15 is 0 Å². The van der Waals surface area contributed by atoms with Crippen LogP contribution in [0.3, 0.4) is 0 Å². The van der Waals surface area contributed by atoms with E-state index in [4.69, 9.17) is 0 Å². The van der Waals surface area contributed by atoms with Gasteiger partial charge in [-0.25, -0.2) is 4.68 Å². The number of aromatic nitrogens is 2. The van der Waals surface area contributed by atoms with E-state index in [2.05, 4.69) is 31.7 Å². The topological polar surface area (TPSA) is 59.0 Å². The van der Waals surface area contributed by atoms with E-state index in [1.54, 1.807) is 36.4 Å². The van der Waals surface area contributed by atoms with Crippen LogP contribution in [-0.2, 0) is 6.42 Å². The molecule has 0 bridgehead atoms. The number of para-hydroxylation sites is 1. The summed E-state index contributed by atoms with van der Waals surface area (Å²) in [5.74, 6) is -0.388. The number of aryl methyl sites for hydroxylation is 1. The second-order valence-corrected chi connectivity index (χ2v) is 8.28. The first-order valence-corrected chi connectivity index (χ1v) is 10.6. The van der Waals surface area contributed by atoms with Gasteiger partial charge in [0.1, 0.15) is 5.82 Å². The first kappa shape index (κ1) is 21.4. The molecule has 0 saturated heterocycles. The molecular weight excluding hydrogens is 473 g/mol. The van der Waals surface area contributed by atoms with Gasteiger partial charge >= 0.3 is 6.18 Å². The van der Waals surface area contributed by atoms with Crippen LogP contribution in [0.2, 0.25) is 0 Å². The largest absolute Gasteiger partial charge is 0.410 e.